The van der Waals surface area contributed by atoms with E-state index in [9.17, 15) is 9.18 Å². The monoisotopic (exact) mass is 255 g/mol. The van der Waals surface area contributed by atoms with Gasteiger partial charge in [-0.05, 0) is 18.1 Å². The van der Waals surface area contributed by atoms with E-state index in [4.69, 9.17) is 0 Å². The molecule has 17 heavy (non-hydrogen) atoms. The number of thioether (sulfide) groups is 1. The highest BCUT2D eigenvalue weighted by molar-refractivity contribution is 7.99. The first kappa shape index (κ1) is 14.0. The van der Waals surface area contributed by atoms with Crippen LogP contribution in [0.1, 0.15) is 25.3 Å². The lowest BCUT2D eigenvalue weighted by atomic mass is 10.2. The summed E-state index contributed by atoms with van der Waals surface area (Å²) in [5, 5.41) is 2.83. The second-order valence-electron chi connectivity index (χ2n) is 3.79. The van der Waals surface area contributed by atoms with Crippen molar-refractivity contribution in [1.29, 1.82) is 0 Å². The quantitative estimate of drug-likeness (QED) is 0.759. The minimum Gasteiger partial charge on any atom is -0.355 e. The Morgan fingerprint density at radius 2 is 2.18 bits per heavy atom. The van der Waals surface area contributed by atoms with Crippen LogP contribution in [0.3, 0.4) is 0 Å². The van der Waals surface area contributed by atoms with E-state index in [1.165, 1.54) is 17.8 Å². The van der Waals surface area contributed by atoms with E-state index in [0.717, 1.165) is 19.4 Å². The summed E-state index contributed by atoms with van der Waals surface area (Å²) in [5.41, 5.74) is 0.652. The van der Waals surface area contributed by atoms with Crippen molar-refractivity contribution in [2.24, 2.45) is 0 Å². The number of unbranched alkanes of at least 4 members (excludes halogenated alkanes) is 1. The first-order valence-electron chi connectivity index (χ1n) is 5.82. The smallest absolute Gasteiger partial charge is 0.230 e. The molecule has 94 valence electrons. The zero-order valence-corrected chi connectivity index (χ0v) is 10.9. The predicted molar refractivity (Wildman–Crippen MR) is 70.5 cm³/mol. The fourth-order valence-electron chi connectivity index (χ4n) is 1.32. The molecule has 0 aromatic heterocycles. The molecule has 0 spiro atoms. The summed E-state index contributed by atoms with van der Waals surface area (Å²) in [7, 11) is 0. The van der Waals surface area contributed by atoms with Gasteiger partial charge in [-0.2, -0.15) is 0 Å². The first-order valence-corrected chi connectivity index (χ1v) is 6.97. The van der Waals surface area contributed by atoms with Gasteiger partial charge in [0.2, 0.25) is 5.91 Å². The fraction of sp³-hybridized carbons (Fsp3) is 0.462. The molecule has 0 bridgehead atoms. The molecule has 4 heteroatoms. The van der Waals surface area contributed by atoms with Gasteiger partial charge in [0.1, 0.15) is 5.82 Å². The zero-order valence-electron chi connectivity index (χ0n) is 10.0. The number of hydrogen-bond donors (Lipinski definition) is 1. The molecule has 1 aromatic rings. The Hall–Kier alpha value is -1.03. The van der Waals surface area contributed by atoms with Gasteiger partial charge < -0.3 is 5.32 Å². The van der Waals surface area contributed by atoms with Crippen LogP contribution < -0.4 is 5.32 Å². The number of halogens is 1. The first-order chi connectivity index (χ1) is 8.24. The zero-order chi connectivity index (χ0) is 12.5. The van der Waals surface area contributed by atoms with Crippen LogP contribution in [0.2, 0.25) is 0 Å². The van der Waals surface area contributed by atoms with Gasteiger partial charge in [0.05, 0.1) is 5.75 Å². The predicted octanol–water partition coefficient (Wildman–Crippen LogP) is 2.98. The molecule has 0 atom stereocenters. The molecule has 0 heterocycles. The molecule has 0 aliphatic rings. The summed E-state index contributed by atoms with van der Waals surface area (Å²) < 4.78 is 13.2. The minimum absolute atomic E-state index is 0.0276. The number of rotatable bonds is 7. The second-order valence-corrected chi connectivity index (χ2v) is 4.77. The van der Waals surface area contributed by atoms with Crippen molar-refractivity contribution >= 4 is 17.7 Å². The number of hydrogen-bond acceptors (Lipinski definition) is 2. The highest BCUT2D eigenvalue weighted by Gasteiger charge is 2.03. The molecule has 0 aliphatic carbocycles. The lowest BCUT2D eigenvalue weighted by Crippen LogP contribution is -2.26. The third kappa shape index (κ3) is 5.73. The fourth-order valence-corrected chi connectivity index (χ4v) is 2.17. The average Bonchev–Trinajstić information content (AvgIpc) is 2.32. The van der Waals surface area contributed by atoms with E-state index in [2.05, 4.69) is 12.2 Å². The van der Waals surface area contributed by atoms with Crippen molar-refractivity contribution in [2.45, 2.75) is 25.5 Å². The summed E-state index contributed by atoms with van der Waals surface area (Å²) in [6.45, 7) is 2.81. The van der Waals surface area contributed by atoms with Gasteiger partial charge in [0, 0.05) is 12.3 Å². The Kier molecular flexibility index (Phi) is 6.70. The lowest BCUT2D eigenvalue weighted by molar-refractivity contribution is -0.118. The van der Waals surface area contributed by atoms with Crippen molar-refractivity contribution in [3.63, 3.8) is 0 Å². The number of nitrogens with one attached hydrogen (secondary N) is 1. The van der Waals surface area contributed by atoms with Gasteiger partial charge in [0.25, 0.3) is 0 Å². The van der Waals surface area contributed by atoms with Gasteiger partial charge in [-0.15, -0.1) is 11.8 Å². The Morgan fingerprint density at radius 3 is 2.88 bits per heavy atom. The number of benzene rings is 1. The molecule has 0 fully saturated rings. The molecular formula is C13H18FNOS. The third-order valence-corrected chi connectivity index (χ3v) is 3.28. The topological polar surface area (TPSA) is 29.1 Å². The van der Waals surface area contributed by atoms with Gasteiger partial charge >= 0.3 is 0 Å². The molecule has 0 unspecified atom stereocenters. The van der Waals surface area contributed by atoms with Crippen LogP contribution in [0.4, 0.5) is 4.39 Å². The molecule has 0 radical (unpaired) electrons. The highest BCUT2D eigenvalue weighted by atomic mass is 32.2. The number of amides is 1. The summed E-state index contributed by atoms with van der Waals surface area (Å²) in [6.07, 6.45) is 2.08. The Morgan fingerprint density at radius 1 is 1.41 bits per heavy atom. The minimum atomic E-state index is -0.202. The maximum atomic E-state index is 13.2. The largest absolute Gasteiger partial charge is 0.355 e. The van der Waals surface area contributed by atoms with Crippen LogP contribution in [-0.4, -0.2) is 18.2 Å². The van der Waals surface area contributed by atoms with E-state index in [0.29, 0.717) is 17.1 Å². The Labute approximate surface area is 106 Å². The second kappa shape index (κ2) is 8.12. The van der Waals surface area contributed by atoms with Crippen molar-refractivity contribution in [1.82, 2.24) is 5.32 Å². The Balaban J connectivity index is 2.19. The van der Waals surface area contributed by atoms with Crippen molar-refractivity contribution in [3.8, 4) is 0 Å². The van der Waals surface area contributed by atoms with Gasteiger partial charge in [0.15, 0.2) is 0 Å². The van der Waals surface area contributed by atoms with Crippen LogP contribution in [0.15, 0.2) is 24.3 Å². The van der Waals surface area contributed by atoms with E-state index in [1.54, 1.807) is 18.2 Å². The van der Waals surface area contributed by atoms with Crippen molar-refractivity contribution < 1.29 is 9.18 Å². The normalized spacial score (nSPS) is 10.2. The van der Waals surface area contributed by atoms with Gasteiger partial charge in [-0.3, -0.25) is 4.79 Å². The van der Waals surface area contributed by atoms with Crippen LogP contribution in [0.5, 0.6) is 0 Å². The number of carbonyl (C=O) groups excluding carboxylic acids is 1. The summed E-state index contributed by atoms with van der Waals surface area (Å²) in [4.78, 5) is 11.4. The summed E-state index contributed by atoms with van der Waals surface area (Å²) in [6, 6.07) is 6.66. The average molecular weight is 255 g/mol. The third-order valence-electron chi connectivity index (χ3n) is 2.30. The molecule has 0 saturated carbocycles. The van der Waals surface area contributed by atoms with Crippen LogP contribution in [0.25, 0.3) is 0 Å². The summed E-state index contributed by atoms with van der Waals surface area (Å²) in [5.74, 6) is 0.748. The molecule has 1 amide bonds. The SMILES string of the molecule is CCCCNC(=O)CSCc1ccccc1F. The van der Waals surface area contributed by atoms with E-state index >= 15 is 0 Å². The summed E-state index contributed by atoms with van der Waals surface area (Å²) >= 11 is 1.43. The molecule has 0 saturated heterocycles. The van der Waals surface area contributed by atoms with Crippen LogP contribution in [-0.2, 0) is 10.5 Å². The van der Waals surface area contributed by atoms with Crippen LogP contribution in [0, 0.1) is 5.82 Å². The van der Waals surface area contributed by atoms with E-state index in [1.807, 2.05) is 0 Å². The van der Waals surface area contributed by atoms with Gasteiger partial charge in [-0.25, -0.2) is 4.39 Å². The molecule has 0 aliphatic heterocycles. The molecule has 1 aromatic carbocycles. The van der Waals surface area contributed by atoms with Gasteiger partial charge in [-0.1, -0.05) is 31.5 Å². The maximum absolute atomic E-state index is 13.2. The lowest BCUT2D eigenvalue weighted by Gasteiger charge is -2.04. The standard InChI is InChI=1S/C13H18FNOS/c1-2-3-8-15-13(16)10-17-9-11-6-4-5-7-12(11)14/h4-7H,2-3,8-10H2,1H3,(H,15,16). The van der Waals surface area contributed by atoms with E-state index < -0.39 is 0 Å². The number of carbonyl (C=O) groups is 1. The van der Waals surface area contributed by atoms with Crippen LogP contribution >= 0.6 is 11.8 Å². The molecule has 1 N–H and O–H groups in total. The van der Waals surface area contributed by atoms with Crippen molar-refractivity contribution in [3.05, 3.63) is 35.6 Å². The molecule has 2 nitrogen and oxygen atoms in total. The van der Waals surface area contributed by atoms with E-state index in [-0.39, 0.29) is 11.7 Å². The van der Waals surface area contributed by atoms with Crippen molar-refractivity contribution in [2.75, 3.05) is 12.3 Å². The Bertz CT molecular complexity index is 357. The maximum Gasteiger partial charge on any atom is 0.230 e. The molecular weight excluding hydrogens is 237 g/mol. The highest BCUT2D eigenvalue weighted by Crippen LogP contribution is 2.14. The molecule has 1 rings (SSSR count).